The molecule has 0 aromatic rings. The van der Waals surface area contributed by atoms with E-state index in [1.165, 1.54) is 180 Å². The summed E-state index contributed by atoms with van der Waals surface area (Å²) in [6, 6.07) is 0. The van der Waals surface area contributed by atoms with E-state index < -0.39 is 0 Å². The van der Waals surface area contributed by atoms with Gasteiger partial charge in [-0.05, 0) is 6.92 Å². The number of terminal acetylenes is 5. The molecule has 6 aliphatic rings. The summed E-state index contributed by atoms with van der Waals surface area (Å²) in [5.41, 5.74) is 0. The Balaban J connectivity index is -0.00000000589. The van der Waals surface area contributed by atoms with Gasteiger partial charge in [0.05, 0.1) is 0 Å². The molecule has 0 nitrogen and oxygen atoms in total. The lowest BCUT2D eigenvalue weighted by Gasteiger charge is -2.05. The van der Waals surface area contributed by atoms with Crippen LogP contribution >= 0.6 is 0 Å². The Morgan fingerprint density at radius 3 is 0.250 bits per heavy atom. The predicted octanol–water partition coefficient (Wildman–Crippen LogP) is 36.3. The van der Waals surface area contributed by atoms with Crippen molar-refractivity contribution in [2.45, 2.75) is 435 Å². The average Bonchev–Trinajstić information content (AvgIpc) is 3.15. The SMILES string of the molecule is C.C.C.C.C.C.C.C.C.C.C.C.C.C.C.C.C.C.C.C.C.C.C.C.C.C.C.C.C.C.C#CC.C1CCC1.C1CCC1.C1CCC1.C1CCC1.C1CCC1.C1CCC1.[3HH].[3HH].[3HH].[3H]C#C.[3H]C#C.[3H]C#C.[3H]C#C.[3H]C[3H].[3H]C[3H].[3H]C[3H].[3H]C[3H].[3H]C[3H].[3H]C[3H].[3H]C[3H].[3H][3H].[3H][3H].[3H][3H].[3H][3H]. The van der Waals surface area contributed by atoms with E-state index in [0.29, 0.717) is 0 Å². The molecular formula is C72H222. The molecule has 6 fully saturated rings. The van der Waals surface area contributed by atoms with Gasteiger partial charge < -0.3 is 0 Å². The van der Waals surface area contributed by atoms with Crippen LogP contribution in [-0.2, 0) is 0 Å². The van der Waals surface area contributed by atoms with Gasteiger partial charge in [0.25, 0.3) is 0 Å². The highest BCUT2D eigenvalue weighted by Gasteiger charge is 1.97. The standard InChI is InChI=1S/6C4H8.C3H4.4C2H2.37CH4.7H2/c6*1-2-4-3-1;1-3-2;4*1-2;;;;;;;;;;;;;;;;;;;;;;;;;;;;;;;;;;;;;;;;;;;;/h6*1-4H2;1H,2H3;4*1-2H;37*1H4;7*1H/i;;;;;;;4*1T;7*1T2;;;;;;;;;;;;;;;;;;;;;;;;;;;;;;;4*1+2T;3*1+2. The van der Waals surface area contributed by atoms with Gasteiger partial charge in [-0.1, -0.05) is 429 Å². The Kier molecular flexibility index (Phi) is 1130. The monoisotopic (exact) mass is 1150 g/mol. The Hall–Kier alpha value is -2.20. The molecule has 0 heterocycles. The van der Waals surface area contributed by atoms with E-state index in [0.717, 1.165) is 0 Å². The van der Waals surface area contributed by atoms with Crippen molar-refractivity contribution in [1.29, 1.82) is 0 Å². The van der Waals surface area contributed by atoms with Crippen molar-refractivity contribution < 1.29 is 40.8 Å². The van der Waals surface area contributed by atoms with Crippen molar-refractivity contribution in [2.75, 3.05) is 0 Å². The molecule has 0 unspecified atom stereocenters. The molecule has 6 aliphatic carbocycles. The van der Waals surface area contributed by atoms with Crippen LogP contribution in [0.3, 0.4) is 0 Å². The Morgan fingerprint density at radius 1 is 0.236 bits per heavy atom. The van der Waals surface area contributed by atoms with E-state index in [1.807, 2.05) is 0 Å². The Bertz CT molecular complexity index is 564. The van der Waals surface area contributed by atoms with Crippen LogP contribution in [0, 0.1) is 63.6 Å². The largest absolute Gasteiger partial charge is 0.124 e. The molecule has 510 valence electrons. The Morgan fingerprint density at radius 2 is 0.250 bits per heavy atom. The minimum Gasteiger partial charge on any atom is -0.124 e. The Labute approximate surface area is 539 Å². The van der Waals surface area contributed by atoms with Crippen LogP contribution in [0.15, 0.2) is 0 Å². The van der Waals surface area contributed by atoms with Crippen LogP contribution in [0.2, 0.25) is 0 Å². The summed E-state index contributed by atoms with van der Waals surface area (Å²) in [4.78, 5) is 0. The lowest BCUT2D eigenvalue weighted by molar-refractivity contribution is 0.504. The van der Waals surface area contributed by atoms with Gasteiger partial charge in [0, 0.05) is 35.3 Å². The second-order valence-electron chi connectivity index (χ2n) is 8.77. The molecule has 0 aromatic heterocycles. The molecule has 0 atom stereocenters. The van der Waals surface area contributed by atoms with Gasteiger partial charge in [-0.15, -0.1) is 63.6 Å². The van der Waals surface area contributed by atoms with Crippen LogP contribution < -0.4 is 0 Å². The highest BCUT2D eigenvalue weighted by Crippen LogP contribution is 2.17. The fraction of sp³-hybridized carbons (Fsp3) is 0.861. The van der Waals surface area contributed by atoms with Gasteiger partial charge in [-0.3, -0.25) is 0 Å². The fourth-order valence-electron chi connectivity index (χ4n) is 1.50. The first-order valence-electron chi connectivity index (χ1n) is 29.8. The van der Waals surface area contributed by atoms with Gasteiger partial charge in [-0.25, -0.2) is 0 Å². The summed E-state index contributed by atoms with van der Waals surface area (Å²) >= 11 is 0. The summed E-state index contributed by atoms with van der Waals surface area (Å²) in [7, 11) is -1.75. The van der Waals surface area contributed by atoms with Gasteiger partial charge in [0.2, 0.25) is 0 Å². The third-order valence-electron chi connectivity index (χ3n) is 6.00. The van der Waals surface area contributed by atoms with E-state index in [4.69, 9.17) is 36.6 Å². The van der Waals surface area contributed by atoms with Gasteiger partial charge in [0.1, 0.15) is 5.48 Å². The quantitative estimate of drug-likeness (QED) is 0.212. The van der Waals surface area contributed by atoms with E-state index in [1.54, 1.807) is 6.92 Å². The van der Waals surface area contributed by atoms with Gasteiger partial charge >= 0.3 is 0 Å². The van der Waals surface area contributed by atoms with Crippen molar-refractivity contribution in [1.82, 2.24) is 0 Å². The molecule has 0 aliphatic heterocycles. The molecule has 0 spiro atoms. The van der Waals surface area contributed by atoms with Crippen molar-refractivity contribution >= 4 is 0 Å². The van der Waals surface area contributed by atoms with Gasteiger partial charge in [-0.2, -0.15) is 0 Å². The third-order valence-corrected chi connectivity index (χ3v) is 6.00. The predicted molar refractivity (Wildman–Crippen MR) is 429 cm³/mol. The van der Waals surface area contributed by atoms with E-state index in [9.17, 15) is 0 Å². The van der Waals surface area contributed by atoms with Crippen LogP contribution in [0.1, 0.15) is 476 Å². The molecule has 0 radical (unpaired) electrons. The first-order valence-corrected chi connectivity index (χ1v) is 13.9. The summed E-state index contributed by atoms with van der Waals surface area (Å²) in [5.74, 6) is 2.25. The molecule has 0 bridgehead atoms. The summed E-state index contributed by atoms with van der Waals surface area (Å²) < 4.78 is 145. The van der Waals surface area contributed by atoms with Crippen molar-refractivity contribution in [3.63, 3.8) is 0 Å². The normalized spacial score (nSPS) is 11.0. The highest BCUT2D eigenvalue weighted by molar-refractivity contribution is 4.73. The third kappa shape index (κ3) is 637. The summed E-state index contributed by atoms with van der Waals surface area (Å²) in [6.45, 7) is 1.65. The molecule has 0 aromatic carbocycles. The zero-order chi connectivity index (χ0) is 57.5. The van der Waals surface area contributed by atoms with Crippen molar-refractivity contribution in [2.24, 2.45) is 0 Å². The van der Waals surface area contributed by atoms with Crippen LogP contribution in [0.25, 0.3) is 0 Å². The smallest absolute Gasteiger partial charge is 0.124 e. The number of rotatable bonds is 0. The van der Waals surface area contributed by atoms with Gasteiger partial charge in [0.15, 0.2) is 0 Å². The number of hydrogen-bond acceptors (Lipinski definition) is 0. The topological polar surface area (TPSA) is 0 Å². The molecule has 6 rings (SSSR count). The zero-order valence-corrected chi connectivity index (χ0v) is 28.3. The molecule has 6 saturated carbocycles. The second kappa shape index (κ2) is 608. The maximum atomic E-state index is 5.88. The maximum Gasteiger partial charge on any atom is 0.124 e. The van der Waals surface area contributed by atoms with Crippen molar-refractivity contribution in [3.8, 4) is 63.6 Å². The highest BCUT2D eigenvalue weighted by atomic mass is 14.0. The molecular weight excluding hydrogens is 865 g/mol. The van der Waals surface area contributed by atoms with Crippen LogP contribution in [-0.4, -0.2) is 0 Å². The van der Waals surface area contributed by atoms with E-state index in [2.05, 4.69) is 38.0 Å². The van der Waals surface area contributed by atoms with Crippen molar-refractivity contribution in [3.05, 3.63) is 0 Å². The molecule has 0 N–H and O–H groups in total. The summed E-state index contributed by atoms with van der Waals surface area (Å²) in [6.07, 6.45) is 63.7. The molecule has 0 saturated heterocycles. The lowest BCUT2D eigenvalue weighted by atomic mass is 10.0. The minimum absolute atomic E-state index is 0. The lowest BCUT2D eigenvalue weighted by Crippen LogP contribution is -1.85. The minimum atomic E-state index is -0.250. The molecule has 0 heteroatoms. The van der Waals surface area contributed by atoms with Crippen LogP contribution in [0.4, 0.5) is 0 Å². The second-order valence-corrected chi connectivity index (χ2v) is 8.77. The number of hydrogen-bond donors (Lipinski definition) is 0. The first kappa shape index (κ1) is 133. The van der Waals surface area contributed by atoms with E-state index in [-0.39, 0.29) is 279 Å². The molecule has 0 amide bonds. The van der Waals surface area contributed by atoms with Crippen LogP contribution in [0.5, 0.6) is 0 Å². The summed E-state index contributed by atoms with van der Waals surface area (Å²) in [5, 5.41) is 0. The maximum absolute atomic E-state index is 5.88. The molecule has 72 heavy (non-hydrogen) atoms. The van der Waals surface area contributed by atoms with E-state index >= 15 is 0 Å². The zero-order valence-electron chi connectivity index (χ0n) is 54.3. The average molecular weight is 1150 g/mol. The fourth-order valence-corrected chi connectivity index (χ4v) is 1.50. The first-order chi connectivity index (χ1) is 33.0.